The van der Waals surface area contributed by atoms with E-state index in [1.54, 1.807) is 6.33 Å². The summed E-state index contributed by atoms with van der Waals surface area (Å²) in [5.41, 5.74) is 8.73. The van der Waals surface area contributed by atoms with Gasteiger partial charge in [-0.1, -0.05) is 0 Å². The summed E-state index contributed by atoms with van der Waals surface area (Å²) in [6.45, 7) is 0.511. The lowest BCUT2D eigenvalue weighted by atomic mass is 10.2. The van der Waals surface area contributed by atoms with E-state index in [2.05, 4.69) is 9.97 Å². The molecule has 3 N–H and O–H groups in total. The van der Waals surface area contributed by atoms with Gasteiger partial charge >= 0.3 is 0 Å². The third-order valence-corrected chi connectivity index (χ3v) is 2.12. The Hall–Kier alpha value is -1.55. The molecule has 0 amide bonds. The van der Waals surface area contributed by atoms with Crippen molar-refractivity contribution in [3.8, 4) is 11.3 Å². The predicted octanol–water partition coefficient (Wildman–Crippen LogP) is 0.874. The van der Waals surface area contributed by atoms with Crippen molar-refractivity contribution in [2.45, 2.75) is 6.54 Å². The van der Waals surface area contributed by atoms with E-state index in [4.69, 9.17) is 5.73 Å². The van der Waals surface area contributed by atoms with Crippen molar-refractivity contribution in [2.24, 2.45) is 12.8 Å². The standard InChI is InChI=1S/C9H12N4/c1-13-6-12-9(8(13)4-10)7-2-3-11-5-7/h2-3,5-6,11H,4,10H2,1H3. The Morgan fingerprint density at radius 3 is 3.08 bits per heavy atom. The van der Waals surface area contributed by atoms with Crippen molar-refractivity contribution in [1.29, 1.82) is 0 Å². The third-order valence-electron chi connectivity index (χ3n) is 2.12. The minimum Gasteiger partial charge on any atom is -0.367 e. The van der Waals surface area contributed by atoms with E-state index in [9.17, 15) is 0 Å². The van der Waals surface area contributed by atoms with Gasteiger partial charge in [-0.3, -0.25) is 0 Å². The first kappa shape index (κ1) is 8.07. The van der Waals surface area contributed by atoms with Gasteiger partial charge in [0.25, 0.3) is 0 Å². The second-order valence-electron chi connectivity index (χ2n) is 2.95. The number of aromatic nitrogens is 3. The van der Waals surface area contributed by atoms with E-state index in [-0.39, 0.29) is 0 Å². The molecule has 0 unspecified atom stereocenters. The van der Waals surface area contributed by atoms with Crippen LogP contribution in [-0.2, 0) is 13.6 Å². The molecule has 2 rings (SSSR count). The Kier molecular flexibility index (Phi) is 1.90. The summed E-state index contributed by atoms with van der Waals surface area (Å²) in [5, 5.41) is 0. The lowest BCUT2D eigenvalue weighted by Crippen LogP contribution is -2.03. The fourth-order valence-electron chi connectivity index (χ4n) is 1.41. The van der Waals surface area contributed by atoms with Gasteiger partial charge in [-0.05, 0) is 6.07 Å². The normalized spacial score (nSPS) is 10.6. The zero-order valence-electron chi connectivity index (χ0n) is 7.49. The maximum Gasteiger partial charge on any atom is 0.0953 e. The molecule has 2 aromatic rings. The molecule has 0 bridgehead atoms. The monoisotopic (exact) mass is 176 g/mol. The average molecular weight is 176 g/mol. The van der Waals surface area contributed by atoms with Crippen molar-refractivity contribution < 1.29 is 0 Å². The van der Waals surface area contributed by atoms with Crippen molar-refractivity contribution in [2.75, 3.05) is 0 Å². The molecule has 68 valence electrons. The molecule has 4 heteroatoms. The molecule has 13 heavy (non-hydrogen) atoms. The Balaban J connectivity index is 2.52. The lowest BCUT2D eigenvalue weighted by molar-refractivity contribution is 0.822. The van der Waals surface area contributed by atoms with Crippen LogP contribution in [0.25, 0.3) is 11.3 Å². The third kappa shape index (κ3) is 1.25. The molecule has 0 aliphatic carbocycles. The van der Waals surface area contributed by atoms with Gasteiger partial charge in [0.1, 0.15) is 0 Å². The minimum atomic E-state index is 0.511. The highest BCUT2D eigenvalue weighted by Gasteiger charge is 2.08. The van der Waals surface area contributed by atoms with Crippen molar-refractivity contribution in [1.82, 2.24) is 14.5 Å². The van der Waals surface area contributed by atoms with E-state index in [0.29, 0.717) is 6.54 Å². The number of hydrogen-bond donors (Lipinski definition) is 2. The van der Waals surface area contributed by atoms with Crippen molar-refractivity contribution >= 4 is 0 Å². The zero-order valence-corrected chi connectivity index (χ0v) is 7.49. The molecule has 2 heterocycles. The Morgan fingerprint density at radius 2 is 2.46 bits per heavy atom. The van der Waals surface area contributed by atoms with Crippen LogP contribution in [0.3, 0.4) is 0 Å². The van der Waals surface area contributed by atoms with Crippen molar-refractivity contribution in [3.63, 3.8) is 0 Å². The highest BCUT2D eigenvalue weighted by molar-refractivity contribution is 5.60. The fraction of sp³-hybridized carbons (Fsp3) is 0.222. The van der Waals surface area contributed by atoms with E-state index >= 15 is 0 Å². The molecular formula is C9H12N4. The maximum absolute atomic E-state index is 5.63. The first-order chi connectivity index (χ1) is 6.33. The zero-order chi connectivity index (χ0) is 9.26. The Bertz CT molecular complexity index is 386. The number of aryl methyl sites for hydroxylation is 1. The van der Waals surface area contributed by atoms with E-state index in [0.717, 1.165) is 17.0 Å². The van der Waals surface area contributed by atoms with Crippen LogP contribution in [0.15, 0.2) is 24.8 Å². The Morgan fingerprint density at radius 1 is 1.62 bits per heavy atom. The molecular weight excluding hydrogens is 164 g/mol. The summed E-state index contributed by atoms with van der Waals surface area (Å²) in [6, 6.07) is 1.99. The fourth-order valence-corrected chi connectivity index (χ4v) is 1.41. The summed E-state index contributed by atoms with van der Waals surface area (Å²) in [6.07, 6.45) is 5.58. The molecule has 0 spiro atoms. The molecule has 0 fully saturated rings. The van der Waals surface area contributed by atoms with Crippen LogP contribution >= 0.6 is 0 Å². The van der Waals surface area contributed by atoms with Crippen LogP contribution in [-0.4, -0.2) is 14.5 Å². The molecule has 4 nitrogen and oxygen atoms in total. The van der Waals surface area contributed by atoms with Gasteiger partial charge in [0, 0.05) is 31.5 Å². The summed E-state index contributed by atoms with van der Waals surface area (Å²) < 4.78 is 1.95. The van der Waals surface area contributed by atoms with Gasteiger partial charge in [-0.2, -0.15) is 0 Å². The first-order valence-corrected chi connectivity index (χ1v) is 4.16. The predicted molar refractivity (Wildman–Crippen MR) is 50.9 cm³/mol. The lowest BCUT2D eigenvalue weighted by Gasteiger charge is -2.00. The second-order valence-corrected chi connectivity index (χ2v) is 2.95. The number of hydrogen-bond acceptors (Lipinski definition) is 2. The average Bonchev–Trinajstić information content (AvgIpc) is 2.71. The minimum absolute atomic E-state index is 0.511. The largest absolute Gasteiger partial charge is 0.367 e. The van der Waals surface area contributed by atoms with Crippen LogP contribution in [0.1, 0.15) is 5.69 Å². The van der Waals surface area contributed by atoms with Crippen LogP contribution in [0.2, 0.25) is 0 Å². The molecule has 0 saturated heterocycles. The van der Waals surface area contributed by atoms with Gasteiger partial charge in [-0.25, -0.2) is 4.98 Å². The summed E-state index contributed by atoms with van der Waals surface area (Å²) in [4.78, 5) is 7.29. The van der Waals surface area contributed by atoms with Crippen LogP contribution in [0.4, 0.5) is 0 Å². The molecule has 0 saturated carbocycles. The Labute approximate surface area is 76.4 Å². The highest BCUT2D eigenvalue weighted by atomic mass is 15.0. The summed E-state index contributed by atoms with van der Waals surface area (Å²) in [7, 11) is 1.95. The first-order valence-electron chi connectivity index (χ1n) is 4.16. The molecule has 0 aromatic carbocycles. The number of imidazole rings is 1. The topological polar surface area (TPSA) is 59.6 Å². The molecule has 0 aliphatic rings. The van der Waals surface area contributed by atoms with Gasteiger partial charge < -0.3 is 15.3 Å². The number of rotatable bonds is 2. The molecule has 2 aromatic heterocycles. The smallest absolute Gasteiger partial charge is 0.0953 e. The molecule has 0 atom stereocenters. The number of nitrogens with two attached hydrogens (primary N) is 1. The quantitative estimate of drug-likeness (QED) is 0.713. The second kappa shape index (κ2) is 3.06. The van der Waals surface area contributed by atoms with Crippen LogP contribution in [0, 0.1) is 0 Å². The number of nitrogens with one attached hydrogen (secondary N) is 1. The van der Waals surface area contributed by atoms with Crippen LogP contribution in [0.5, 0.6) is 0 Å². The van der Waals surface area contributed by atoms with Gasteiger partial charge in [-0.15, -0.1) is 0 Å². The summed E-state index contributed by atoms with van der Waals surface area (Å²) >= 11 is 0. The van der Waals surface area contributed by atoms with Gasteiger partial charge in [0.05, 0.1) is 17.7 Å². The van der Waals surface area contributed by atoms with Crippen LogP contribution < -0.4 is 5.73 Å². The van der Waals surface area contributed by atoms with Gasteiger partial charge in [0.15, 0.2) is 0 Å². The maximum atomic E-state index is 5.63. The summed E-state index contributed by atoms with van der Waals surface area (Å²) in [5.74, 6) is 0. The highest BCUT2D eigenvalue weighted by Crippen LogP contribution is 2.20. The molecule has 0 radical (unpaired) electrons. The van der Waals surface area contributed by atoms with Crippen molar-refractivity contribution in [3.05, 3.63) is 30.5 Å². The van der Waals surface area contributed by atoms with E-state index in [1.807, 2.05) is 30.1 Å². The van der Waals surface area contributed by atoms with E-state index in [1.165, 1.54) is 0 Å². The molecule has 0 aliphatic heterocycles. The number of aromatic amines is 1. The number of nitrogens with zero attached hydrogens (tertiary/aromatic N) is 2. The SMILES string of the molecule is Cn1cnc(-c2cc[nH]c2)c1CN. The number of H-pyrrole nitrogens is 1. The van der Waals surface area contributed by atoms with E-state index < -0.39 is 0 Å². The van der Waals surface area contributed by atoms with Gasteiger partial charge in [0.2, 0.25) is 0 Å².